The number of carbonyl (C=O) groups is 2. The quantitative estimate of drug-likeness (QED) is 0.389. The standard InChI is InChI=1S/C18H18ClN3O6/c1-10-6-15(23)13(14(10)8-22(25)26)7-17(24)27-9-16-20-18(21-28-16)11-2-4-12(19)5-3-11/h2-5,10,13-14H,6-9H2,1H3/t10-,13-,14+/m0/s1. The molecule has 0 bridgehead atoms. The van der Waals surface area contributed by atoms with Gasteiger partial charge in [-0.2, -0.15) is 4.98 Å². The van der Waals surface area contributed by atoms with Crippen molar-refractivity contribution in [3.8, 4) is 11.4 Å². The first-order valence-electron chi connectivity index (χ1n) is 8.72. The largest absolute Gasteiger partial charge is 0.456 e. The van der Waals surface area contributed by atoms with Gasteiger partial charge in [0.1, 0.15) is 5.78 Å². The van der Waals surface area contributed by atoms with E-state index >= 15 is 0 Å². The highest BCUT2D eigenvalue weighted by Gasteiger charge is 2.44. The van der Waals surface area contributed by atoms with Crippen LogP contribution in [0.15, 0.2) is 28.8 Å². The number of benzene rings is 1. The summed E-state index contributed by atoms with van der Waals surface area (Å²) in [5.74, 6) is -1.63. The number of rotatable bonds is 7. The summed E-state index contributed by atoms with van der Waals surface area (Å²) in [7, 11) is 0. The van der Waals surface area contributed by atoms with Crippen molar-refractivity contribution >= 4 is 23.4 Å². The van der Waals surface area contributed by atoms with Crippen molar-refractivity contribution in [2.24, 2.45) is 17.8 Å². The SMILES string of the molecule is C[C@H]1CC(=O)[C@@H](CC(=O)OCc2nc(-c3ccc(Cl)cc3)no2)[C@@H]1C[N+](=O)[O-]. The van der Waals surface area contributed by atoms with Gasteiger partial charge in [0, 0.05) is 33.8 Å². The molecule has 1 aromatic heterocycles. The second-order valence-electron chi connectivity index (χ2n) is 6.82. The van der Waals surface area contributed by atoms with E-state index in [4.69, 9.17) is 20.9 Å². The van der Waals surface area contributed by atoms with E-state index in [1.54, 1.807) is 31.2 Å². The van der Waals surface area contributed by atoms with Crippen LogP contribution in [0.25, 0.3) is 11.4 Å². The van der Waals surface area contributed by atoms with Crippen molar-refractivity contribution in [1.82, 2.24) is 10.1 Å². The van der Waals surface area contributed by atoms with Gasteiger partial charge in [-0.3, -0.25) is 19.7 Å². The van der Waals surface area contributed by atoms with Crippen LogP contribution in [0, 0.1) is 27.9 Å². The third-order valence-corrected chi connectivity index (χ3v) is 5.11. The molecule has 0 N–H and O–H groups in total. The highest BCUT2D eigenvalue weighted by molar-refractivity contribution is 6.30. The zero-order valence-electron chi connectivity index (χ0n) is 15.0. The maximum absolute atomic E-state index is 12.1. The summed E-state index contributed by atoms with van der Waals surface area (Å²) in [4.78, 5) is 38.7. The highest BCUT2D eigenvalue weighted by Crippen LogP contribution is 2.36. The van der Waals surface area contributed by atoms with Gasteiger partial charge in [0.05, 0.1) is 6.42 Å². The first-order chi connectivity index (χ1) is 13.3. The summed E-state index contributed by atoms with van der Waals surface area (Å²) < 4.78 is 10.2. The zero-order chi connectivity index (χ0) is 20.3. The molecule has 10 heteroatoms. The smallest absolute Gasteiger partial charge is 0.307 e. The van der Waals surface area contributed by atoms with E-state index in [9.17, 15) is 19.7 Å². The number of nitrogens with zero attached hydrogens (tertiary/aromatic N) is 3. The summed E-state index contributed by atoms with van der Waals surface area (Å²) in [5, 5.41) is 15.2. The minimum Gasteiger partial charge on any atom is -0.456 e. The number of ketones is 1. The van der Waals surface area contributed by atoms with Gasteiger partial charge in [-0.05, 0) is 30.2 Å². The molecular formula is C18H18ClN3O6. The number of aromatic nitrogens is 2. The van der Waals surface area contributed by atoms with E-state index in [2.05, 4.69) is 10.1 Å². The van der Waals surface area contributed by atoms with Crippen LogP contribution in [0.1, 0.15) is 25.7 Å². The van der Waals surface area contributed by atoms with Gasteiger partial charge in [0.25, 0.3) is 5.89 Å². The fourth-order valence-electron chi connectivity index (χ4n) is 3.41. The van der Waals surface area contributed by atoms with Crippen LogP contribution in [0.3, 0.4) is 0 Å². The molecule has 1 fully saturated rings. The van der Waals surface area contributed by atoms with Crippen molar-refractivity contribution in [2.45, 2.75) is 26.4 Å². The molecule has 3 atom stereocenters. The van der Waals surface area contributed by atoms with E-state index in [-0.39, 0.29) is 43.6 Å². The van der Waals surface area contributed by atoms with Crippen LogP contribution in [0.2, 0.25) is 5.02 Å². The number of Topliss-reactive ketones (excluding diaryl/α,β-unsaturated/α-hetero) is 1. The molecule has 2 aromatic rings. The molecule has 148 valence electrons. The fraction of sp³-hybridized carbons (Fsp3) is 0.444. The third-order valence-electron chi connectivity index (χ3n) is 4.86. The Morgan fingerprint density at radius 1 is 1.39 bits per heavy atom. The molecule has 1 aliphatic carbocycles. The predicted octanol–water partition coefficient (Wildman–Crippen LogP) is 2.94. The molecule has 1 saturated carbocycles. The van der Waals surface area contributed by atoms with Gasteiger partial charge in [0.2, 0.25) is 12.4 Å². The number of ether oxygens (including phenoxy) is 1. The highest BCUT2D eigenvalue weighted by atomic mass is 35.5. The summed E-state index contributed by atoms with van der Waals surface area (Å²) >= 11 is 5.83. The molecule has 28 heavy (non-hydrogen) atoms. The van der Waals surface area contributed by atoms with Crippen LogP contribution >= 0.6 is 11.6 Å². The second kappa shape index (κ2) is 8.47. The lowest BCUT2D eigenvalue weighted by Gasteiger charge is -2.16. The Kier molecular flexibility index (Phi) is 6.03. The van der Waals surface area contributed by atoms with Gasteiger partial charge < -0.3 is 9.26 Å². The van der Waals surface area contributed by atoms with Crippen LogP contribution in [0.4, 0.5) is 0 Å². The lowest BCUT2D eigenvalue weighted by atomic mass is 9.88. The van der Waals surface area contributed by atoms with Crippen molar-refractivity contribution in [3.05, 3.63) is 45.3 Å². The Labute approximate surface area is 165 Å². The normalized spacial score (nSPS) is 21.6. The summed E-state index contributed by atoms with van der Waals surface area (Å²) in [5.41, 5.74) is 0.693. The molecule has 1 aliphatic rings. The first kappa shape index (κ1) is 19.9. The zero-order valence-corrected chi connectivity index (χ0v) is 15.8. The minimum absolute atomic E-state index is 0.103. The second-order valence-corrected chi connectivity index (χ2v) is 7.25. The number of halogens is 1. The van der Waals surface area contributed by atoms with Crippen LogP contribution < -0.4 is 0 Å². The monoisotopic (exact) mass is 407 g/mol. The average molecular weight is 408 g/mol. The summed E-state index contributed by atoms with van der Waals surface area (Å²) in [6.07, 6.45) is 0.0461. The van der Waals surface area contributed by atoms with Gasteiger partial charge in [-0.25, -0.2) is 0 Å². The average Bonchev–Trinajstić information content (AvgIpc) is 3.20. The number of hydrogen-bond acceptors (Lipinski definition) is 8. The Balaban J connectivity index is 1.56. The minimum atomic E-state index is -0.694. The molecule has 1 heterocycles. The number of hydrogen-bond donors (Lipinski definition) is 0. The number of carbonyl (C=O) groups excluding carboxylic acids is 2. The molecule has 3 rings (SSSR count). The molecular weight excluding hydrogens is 390 g/mol. The van der Waals surface area contributed by atoms with E-state index in [0.29, 0.717) is 16.4 Å². The number of esters is 1. The van der Waals surface area contributed by atoms with Crippen LogP contribution in [0.5, 0.6) is 0 Å². The molecule has 0 spiro atoms. The molecule has 0 aliphatic heterocycles. The van der Waals surface area contributed by atoms with Crippen molar-refractivity contribution in [2.75, 3.05) is 6.54 Å². The van der Waals surface area contributed by atoms with Crippen molar-refractivity contribution in [3.63, 3.8) is 0 Å². The van der Waals surface area contributed by atoms with E-state index in [1.165, 1.54) is 0 Å². The third kappa shape index (κ3) is 4.72. The van der Waals surface area contributed by atoms with Crippen LogP contribution in [-0.4, -0.2) is 33.4 Å². The maximum atomic E-state index is 12.1. The van der Waals surface area contributed by atoms with E-state index < -0.39 is 22.7 Å². The Hall–Kier alpha value is -2.81. The molecule has 0 radical (unpaired) electrons. The van der Waals surface area contributed by atoms with E-state index in [1.807, 2.05) is 0 Å². The number of nitro groups is 1. The predicted molar refractivity (Wildman–Crippen MR) is 96.8 cm³/mol. The van der Waals surface area contributed by atoms with Gasteiger partial charge in [-0.15, -0.1) is 0 Å². The van der Waals surface area contributed by atoms with Gasteiger partial charge in [-0.1, -0.05) is 23.7 Å². The molecule has 0 unspecified atom stereocenters. The Bertz CT molecular complexity index is 882. The molecule has 0 saturated heterocycles. The first-order valence-corrected chi connectivity index (χ1v) is 9.10. The van der Waals surface area contributed by atoms with Crippen molar-refractivity contribution < 1.29 is 23.8 Å². The van der Waals surface area contributed by atoms with Crippen LogP contribution in [-0.2, 0) is 20.9 Å². The molecule has 0 amide bonds. The van der Waals surface area contributed by atoms with Gasteiger partial charge in [0.15, 0.2) is 6.61 Å². The lowest BCUT2D eigenvalue weighted by molar-refractivity contribution is -0.490. The topological polar surface area (TPSA) is 125 Å². The van der Waals surface area contributed by atoms with E-state index in [0.717, 1.165) is 0 Å². The molecule has 1 aromatic carbocycles. The van der Waals surface area contributed by atoms with Crippen molar-refractivity contribution in [1.29, 1.82) is 0 Å². The summed E-state index contributed by atoms with van der Waals surface area (Å²) in [6, 6.07) is 6.83. The summed E-state index contributed by atoms with van der Waals surface area (Å²) in [6.45, 7) is 1.21. The molecule has 9 nitrogen and oxygen atoms in total. The fourth-order valence-corrected chi connectivity index (χ4v) is 3.54. The Morgan fingerprint density at radius 2 is 2.11 bits per heavy atom. The Morgan fingerprint density at radius 3 is 2.79 bits per heavy atom. The lowest BCUT2D eigenvalue weighted by Crippen LogP contribution is -2.27. The van der Waals surface area contributed by atoms with Gasteiger partial charge >= 0.3 is 5.97 Å². The maximum Gasteiger partial charge on any atom is 0.307 e.